The van der Waals surface area contributed by atoms with Crippen LogP contribution >= 0.6 is 18.9 Å². The minimum absolute atomic E-state index is 0.0427. The number of thiophene rings is 1. The van der Waals surface area contributed by atoms with Crippen molar-refractivity contribution in [3.8, 4) is 5.75 Å². The Morgan fingerprint density at radius 2 is 1.90 bits per heavy atom. The number of para-hydroxylation sites is 1. The number of alkyl halides is 4. The maximum atomic E-state index is 16.5. The Morgan fingerprint density at radius 1 is 1.17 bits per heavy atom. The molecule has 0 aliphatic carbocycles. The van der Waals surface area contributed by atoms with E-state index in [2.05, 4.69) is 6.58 Å². The summed E-state index contributed by atoms with van der Waals surface area (Å²) in [6.45, 7) is 3.74. The quantitative estimate of drug-likeness (QED) is 0.0684. The minimum Gasteiger partial charge on any atom is -0.465 e. The van der Waals surface area contributed by atoms with Gasteiger partial charge in [0, 0.05) is 16.7 Å². The lowest BCUT2D eigenvalue weighted by molar-refractivity contribution is -0.148. The van der Waals surface area contributed by atoms with Gasteiger partial charge in [-0.2, -0.15) is 13.5 Å². The van der Waals surface area contributed by atoms with E-state index >= 15 is 8.78 Å². The van der Waals surface area contributed by atoms with Crippen molar-refractivity contribution in [2.75, 3.05) is 19.8 Å². The van der Waals surface area contributed by atoms with Crippen molar-refractivity contribution >= 4 is 40.9 Å². The maximum Gasteiger partial charge on any atom is 0.393 e. The Bertz CT molecular complexity index is 1460. The Balaban J connectivity index is 1.78. The number of esters is 2. The first-order valence-corrected chi connectivity index (χ1v) is 15.2. The van der Waals surface area contributed by atoms with Gasteiger partial charge in [-0.05, 0) is 42.1 Å². The minimum atomic E-state index is -5.63. The Hall–Kier alpha value is -3.21. The summed E-state index contributed by atoms with van der Waals surface area (Å²) in [5.74, 6) is -5.73. The lowest BCUT2D eigenvalue weighted by Crippen LogP contribution is -2.40. The fourth-order valence-corrected chi connectivity index (χ4v) is 7.58. The molecule has 0 bridgehead atoms. The van der Waals surface area contributed by atoms with Crippen molar-refractivity contribution in [2.24, 2.45) is 0 Å². The summed E-state index contributed by atoms with van der Waals surface area (Å²) in [5.41, 5.74) is -5.17. The average molecular weight is 614 g/mol. The van der Waals surface area contributed by atoms with Gasteiger partial charge in [0.2, 0.25) is 0 Å². The zero-order valence-corrected chi connectivity index (χ0v) is 23.8. The third-order valence-corrected chi connectivity index (χ3v) is 9.94. The molecule has 1 aromatic heterocycles. The molecule has 2 aromatic carbocycles. The second-order valence-electron chi connectivity index (χ2n) is 9.41. The van der Waals surface area contributed by atoms with Gasteiger partial charge in [-0.25, -0.2) is 13.6 Å². The van der Waals surface area contributed by atoms with E-state index in [1.54, 1.807) is 6.07 Å². The van der Waals surface area contributed by atoms with Gasteiger partial charge < -0.3 is 14.0 Å². The Labute approximate surface area is 238 Å². The van der Waals surface area contributed by atoms with Crippen LogP contribution < -0.4 is 4.52 Å². The number of rotatable bonds is 12. The van der Waals surface area contributed by atoms with Gasteiger partial charge in [0.05, 0.1) is 13.2 Å². The molecule has 13 heteroatoms. The number of nitrogens with zero attached hydrogens (tertiary/aromatic N) is 1. The fourth-order valence-electron chi connectivity index (χ4n) is 4.29. The van der Waals surface area contributed by atoms with E-state index in [1.165, 1.54) is 42.5 Å². The lowest BCUT2D eigenvalue weighted by atomic mass is 10.1. The number of hydrogen-bond donors (Lipinski definition) is 0. The molecule has 4 rings (SSSR count). The molecule has 0 amide bonds. The summed E-state index contributed by atoms with van der Waals surface area (Å²) >= 11 is 0.999. The van der Waals surface area contributed by atoms with Crippen LogP contribution in [0.25, 0.3) is 10.1 Å². The van der Waals surface area contributed by atoms with Gasteiger partial charge in [-0.1, -0.05) is 50.3 Å². The number of halogens is 4. The molecule has 220 valence electrons. The van der Waals surface area contributed by atoms with Crippen LogP contribution in [-0.4, -0.2) is 48.3 Å². The molecular formula is C28H28F4NO6PS. The van der Waals surface area contributed by atoms with Crippen molar-refractivity contribution in [3.05, 3.63) is 77.7 Å². The number of carbonyl (C=O) groups is 2. The molecule has 7 nitrogen and oxygen atoms in total. The molecule has 0 saturated carbocycles. The number of ether oxygens (including phenoxy) is 2. The van der Waals surface area contributed by atoms with E-state index in [1.807, 2.05) is 6.92 Å². The maximum absolute atomic E-state index is 16.5. The molecule has 1 aliphatic heterocycles. The molecule has 1 fully saturated rings. The van der Waals surface area contributed by atoms with Crippen molar-refractivity contribution in [3.63, 3.8) is 0 Å². The standard InChI is InChI=1S/C28H28F4NO6PS/c1-3-5-14-38-25(34)22-17-27(29,30)18-33(22)40(36,39-21-9-7-6-8-10-21)28(31,32)20-11-12-23-19(15-20)16-24(41-23)26(35)37-13-4-2/h4,6-12,15-16,22H,2-3,5,13-14,17-18H2,1H3/t22-,40?/m0/s1. The van der Waals surface area contributed by atoms with Crippen molar-refractivity contribution in [1.82, 2.24) is 4.67 Å². The van der Waals surface area contributed by atoms with Gasteiger partial charge in [0.15, 0.2) is 0 Å². The zero-order valence-electron chi connectivity index (χ0n) is 22.1. The summed E-state index contributed by atoms with van der Waals surface area (Å²) in [4.78, 5) is 25.2. The van der Waals surface area contributed by atoms with Gasteiger partial charge in [-0.15, -0.1) is 11.3 Å². The summed E-state index contributed by atoms with van der Waals surface area (Å²) in [5, 5.41) is 0.214. The molecular weight excluding hydrogens is 585 g/mol. The van der Waals surface area contributed by atoms with E-state index in [9.17, 15) is 22.9 Å². The second-order valence-corrected chi connectivity index (χ2v) is 12.8. The zero-order chi connectivity index (χ0) is 29.8. The van der Waals surface area contributed by atoms with E-state index in [0.29, 0.717) is 17.5 Å². The van der Waals surface area contributed by atoms with E-state index < -0.39 is 55.6 Å². The molecule has 2 atom stereocenters. The van der Waals surface area contributed by atoms with Crippen LogP contribution in [0.5, 0.6) is 5.75 Å². The molecule has 41 heavy (non-hydrogen) atoms. The predicted octanol–water partition coefficient (Wildman–Crippen LogP) is 7.62. The highest BCUT2D eigenvalue weighted by Gasteiger charge is 2.66. The molecule has 3 aromatic rings. The highest BCUT2D eigenvalue weighted by molar-refractivity contribution is 7.57. The van der Waals surface area contributed by atoms with Gasteiger partial charge in [0.25, 0.3) is 5.92 Å². The fraction of sp³-hybridized carbons (Fsp3) is 0.357. The second kappa shape index (κ2) is 12.3. The van der Waals surface area contributed by atoms with E-state index in [4.69, 9.17) is 14.0 Å². The topological polar surface area (TPSA) is 82.1 Å². The molecule has 0 spiro atoms. The predicted molar refractivity (Wildman–Crippen MR) is 147 cm³/mol. The highest BCUT2D eigenvalue weighted by Crippen LogP contribution is 2.70. The summed E-state index contributed by atoms with van der Waals surface area (Å²) in [7, 11) is -5.63. The molecule has 1 aliphatic rings. The van der Waals surface area contributed by atoms with Crippen LogP contribution in [0.4, 0.5) is 17.6 Å². The number of carbonyl (C=O) groups excluding carboxylic acids is 2. The van der Waals surface area contributed by atoms with Gasteiger partial charge in [0.1, 0.15) is 23.3 Å². The molecule has 0 radical (unpaired) electrons. The number of benzene rings is 2. The SMILES string of the molecule is C=CCOC(=O)c1cc2cc(C(F)(F)P(=O)(Oc3ccccc3)N3CC(F)(F)C[C@H]3C(=O)OCCCC)ccc2s1. The van der Waals surface area contributed by atoms with Crippen LogP contribution in [0.1, 0.15) is 41.4 Å². The molecule has 0 N–H and O–H groups in total. The summed E-state index contributed by atoms with van der Waals surface area (Å²) < 4.78 is 93.0. The van der Waals surface area contributed by atoms with E-state index in [0.717, 1.165) is 23.5 Å². The largest absolute Gasteiger partial charge is 0.465 e. The van der Waals surface area contributed by atoms with Gasteiger partial charge in [-0.3, -0.25) is 9.36 Å². The average Bonchev–Trinajstić information content (AvgIpc) is 3.52. The molecule has 1 saturated heterocycles. The van der Waals surface area contributed by atoms with Crippen LogP contribution in [0.15, 0.2) is 67.3 Å². The normalized spacial score (nSPS) is 18.5. The van der Waals surface area contributed by atoms with Crippen LogP contribution in [0.2, 0.25) is 0 Å². The Kier molecular flexibility index (Phi) is 9.25. The monoisotopic (exact) mass is 613 g/mol. The molecule has 2 heterocycles. The number of hydrogen-bond acceptors (Lipinski definition) is 7. The summed E-state index contributed by atoms with van der Waals surface area (Å²) in [6, 6.07) is 9.68. The highest BCUT2D eigenvalue weighted by atomic mass is 32.1. The molecule has 1 unspecified atom stereocenters. The van der Waals surface area contributed by atoms with Crippen LogP contribution in [0.3, 0.4) is 0 Å². The van der Waals surface area contributed by atoms with Gasteiger partial charge >= 0.3 is 25.1 Å². The van der Waals surface area contributed by atoms with E-state index in [-0.39, 0.29) is 33.9 Å². The number of fused-ring (bicyclic) bond motifs is 1. The smallest absolute Gasteiger partial charge is 0.393 e. The first-order chi connectivity index (χ1) is 19.4. The van der Waals surface area contributed by atoms with Crippen molar-refractivity contribution in [1.29, 1.82) is 0 Å². The summed E-state index contributed by atoms with van der Waals surface area (Å²) in [6.07, 6.45) is 1.30. The first-order valence-electron chi connectivity index (χ1n) is 12.8. The van der Waals surface area contributed by atoms with Crippen molar-refractivity contribution < 1.29 is 45.7 Å². The van der Waals surface area contributed by atoms with Crippen LogP contribution in [0, 0.1) is 0 Å². The Morgan fingerprint density at radius 3 is 2.59 bits per heavy atom. The third kappa shape index (κ3) is 6.50. The lowest BCUT2D eigenvalue weighted by Gasteiger charge is -2.35. The van der Waals surface area contributed by atoms with Crippen LogP contribution in [-0.2, 0) is 24.5 Å². The first kappa shape index (κ1) is 30.7. The number of unbranched alkanes of at least 4 members (excludes halogenated alkanes) is 1. The third-order valence-electron chi connectivity index (χ3n) is 6.32. The van der Waals surface area contributed by atoms with Crippen molar-refractivity contribution in [2.45, 2.75) is 43.8 Å².